The predicted octanol–water partition coefficient (Wildman–Crippen LogP) is 3.37. The van der Waals surface area contributed by atoms with E-state index in [0.29, 0.717) is 0 Å². The Labute approximate surface area is 88.5 Å². The van der Waals surface area contributed by atoms with E-state index in [0.717, 1.165) is 18.3 Å². The molecule has 0 unspecified atom stereocenters. The summed E-state index contributed by atoms with van der Waals surface area (Å²) in [5.41, 5.74) is 0. The van der Waals surface area contributed by atoms with Crippen LogP contribution in [0.1, 0.15) is 40.0 Å². The first-order valence-corrected chi connectivity index (χ1v) is 6.02. The Morgan fingerprint density at radius 1 is 1.15 bits per heavy atom. The van der Waals surface area contributed by atoms with E-state index in [-0.39, 0.29) is 0 Å². The SMILES string of the molecule is CCCN(CCCl)CCCC(C)C. The largest absolute Gasteiger partial charge is 0.302 e. The van der Waals surface area contributed by atoms with Crippen molar-refractivity contribution in [2.45, 2.75) is 40.0 Å². The molecule has 0 saturated carbocycles. The van der Waals surface area contributed by atoms with Gasteiger partial charge in [0.15, 0.2) is 0 Å². The number of rotatable bonds is 8. The molecule has 0 aromatic carbocycles. The molecule has 0 bridgehead atoms. The van der Waals surface area contributed by atoms with Gasteiger partial charge in [-0.05, 0) is 38.3 Å². The van der Waals surface area contributed by atoms with E-state index in [1.807, 2.05) is 0 Å². The van der Waals surface area contributed by atoms with Crippen LogP contribution in [0.25, 0.3) is 0 Å². The van der Waals surface area contributed by atoms with Crippen LogP contribution in [-0.2, 0) is 0 Å². The van der Waals surface area contributed by atoms with E-state index < -0.39 is 0 Å². The summed E-state index contributed by atoms with van der Waals surface area (Å²) in [5.74, 6) is 1.60. The molecule has 0 spiro atoms. The van der Waals surface area contributed by atoms with E-state index in [2.05, 4.69) is 25.7 Å². The molecule has 0 amide bonds. The van der Waals surface area contributed by atoms with Gasteiger partial charge in [-0.2, -0.15) is 0 Å². The quantitative estimate of drug-likeness (QED) is 0.550. The van der Waals surface area contributed by atoms with Crippen LogP contribution >= 0.6 is 11.6 Å². The van der Waals surface area contributed by atoms with Crippen LogP contribution in [0.4, 0.5) is 0 Å². The first-order chi connectivity index (χ1) is 6.20. The van der Waals surface area contributed by atoms with Crippen LogP contribution in [0.3, 0.4) is 0 Å². The van der Waals surface area contributed by atoms with Crippen molar-refractivity contribution in [3.63, 3.8) is 0 Å². The molecular weight excluding hydrogens is 182 g/mol. The van der Waals surface area contributed by atoms with Crippen molar-refractivity contribution in [1.82, 2.24) is 4.90 Å². The van der Waals surface area contributed by atoms with Crippen molar-refractivity contribution in [3.05, 3.63) is 0 Å². The maximum Gasteiger partial charge on any atom is 0.0351 e. The highest BCUT2D eigenvalue weighted by molar-refractivity contribution is 6.18. The normalized spacial score (nSPS) is 11.5. The van der Waals surface area contributed by atoms with Crippen molar-refractivity contribution in [1.29, 1.82) is 0 Å². The average Bonchev–Trinajstić information content (AvgIpc) is 2.04. The molecular formula is C11H24ClN. The lowest BCUT2D eigenvalue weighted by Crippen LogP contribution is -2.27. The Kier molecular flexibility index (Phi) is 9.00. The third-order valence-electron chi connectivity index (χ3n) is 2.20. The summed E-state index contributed by atoms with van der Waals surface area (Å²) in [5, 5.41) is 0. The lowest BCUT2D eigenvalue weighted by atomic mass is 10.1. The molecule has 0 heterocycles. The molecule has 0 fully saturated rings. The third-order valence-corrected chi connectivity index (χ3v) is 2.37. The highest BCUT2D eigenvalue weighted by Crippen LogP contribution is 2.05. The van der Waals surface area contributed by atoms with Gasteiger partial charge in [0.1, 0.15) is 0 Å². The van der Waals surface area contributed by atoms with E-state index in [1.54, 1.807) is 0 Å². The minimum atomic E-state index is 0.766. The third kappa shape index (κ3) is 8.58. The fraction of sp³-hybridized carbons (Fsp3) is 1.00. The van der Waals surface area contributed by atoms with Crippen LogP contribution in [0, 0.1) is 5.92 Å². The number of hydrogen-bond acceptors (Lipinski definition) is 1. The van der Waals surface area contributed by atoms with Gasteiger partial charge in [-0.15, -0.1) is 11.6 Å². The molecule has 0 aliphatic carbocycles. The zero-order valence-electron chi connectivity index (χ0n) is 9.35. The minimum absolute atomic E-state index is 0.766. The molecule has 0 aliphatic heterocycles. The molecule has 0 aliphatic rings. The van der Waals surface area contributed by atoms with Gasteiger partial charge in [-0.25, -0.2) is 0 Å². The van der Waals surface area contributed by atoms with Crippen LogP contribution in [-0.4, -0.2) is 30.4 Å². The number of hydrogen-bond donors (Lipinski definition) is 0. The van der Waals surface area contributed by atoms with Crippen molar-refractivity contribution in [2.75, 3.05) is 25.5 Å². The minimum Gasteiger partial charge on any atom is -0.302 e. The fourth-order valence-electron chi connectivity index (χ4n) is 1.49. The lowest BCUT2D eigenvalue weighted by molar-refractivity contribution is 0.278. The van der Waals surface area contributed by atoms with E-state index in [1.165, 1.54) is 32.4 Å². The second-order valence-corrected chi connectivity index (χ2v) is 4.44. The maximum atomic E-state index is 5.73. The number of nitrogens with zero attached hydrogens (tertiary/aromatic N) is 1. The zero-order valence-corrected chi connectivity index (χ0v) is 10.1. The Morgan fingerprint density at radius 3 is 2.31 bits per heavy atom. The van der Waals surface area contributed by atoms with Crippen molar-refractivity contribution >= 4 is 11.6 Å². The molecule has 2 heteroatoms. The van der Waals surface area contributed by atoms with E-state index in [4.69, 9.17) is 11.6 Å². The summed E-state index contributed by atoms with van der Waals surface area (Å²) in [4.78, 5) is 2.47. The van der Waals surface area contributed by atoms with Crippen molar-refractivity contribution < 1.29 is 0 Å². The maximum absolute atomic E-state index is 5.73. The van der Waals surface area contributed by atoms with Gasteiger partial charge in [0.05, 0.1) is 0 Å². The standard InChI is InChI=1S/C11H24ClN/c1-4-8-13(10-7-12)9-5-6-11(2)3/h11H,4-10H2,1-3H3. The summed E-state index contributed by atoms with van der Waals surface area (Å²) < 4.78 is 0. The molecule has 0 rings (SSSR count). The topological polar surface area (TPSA) is 3.24 Å². The highest BCUT2D eigenvalue weighted by Gasteiger charge is 2.02. The second-order valence-electron chi connectivity index (χ2n) is 4.07. The molecule has 0 aromatic rings. The average molecular weight is 206 g/mol. The van der Waals surface area contributed by atoms with Gasteiger partial charge in [-0.3, -0.25) is 0 Å². The molecule has 0 aromatic heterocycles. The number of alkyl halides is 1. The molecule has 13 heavy (non-hydrogen) atoms. The summed E-state index contributed by atoms with van der Waals surface area (Å²) in [6.07, 6.45) is 3.88. The summed E-state index contributed by atoms with van der Waals surface area (Å²) in [6, 6.07) is 0. The first-order valence-electron chi connectivity index (χ1n) is 5.49. The molecule has 0 radical (unpaired) electrons. The van der Waals surface area contributed by atoms with E-state index in [9.17, 15) is 0 Å². The lowest BCUT2D eigenvalue weighted by Gasteiger charge is -2.20. The smallest absolute Gasteiger partial charge is 0.0351 e. The molecule has 0 N–H and O–H groups in total. The van der Waals surface area contributed by atoms with Crippen LogP contribution in [0.15, 0.2) is 0 Å². The molecule has 1 nitrogen and oxygen atoms in total. The molecule has 0 saturated heterocycles. The Balaban J connectivity index is 3.44. The van der Waals surface area contributed by atoms with Gasteiger partial charge in [0.2, 0.25) is 0 Å². The molecule has 0 atom stereocenters. The molecule has 80 valence electrons. The van der Waals surface area contributed by atoms with Gasteiger partial charge < -0.3 is 4.90 Å². The fourth-order valence-corrected chi connectivity index (χ4v) is 1.73. The Morgan fingerprint density at radius 2 is 1.85 bits per heavy atom. The van der Waals surface area contributed by atoms with Crippen molar-refractivity contribution in [2.24, 2.45) is 5.92 Å². The Hall–Kier alpha value is 0.250. The van der Waals surface area contributed by atoms with Gasteiger partial charge >= 0.3 is 0 Å². The van der Waals surface area contributed by atoms with Gasteiger partial charge in [0.25, 0.3) is 0 Å². The summed E-state index contributed by atoms with van der Waals surface area (Å²) >= 11 is 5.73. The van der Waals surface area contributed by atoms with Crippen LogP contribution in [0.2, 0.25) is 0 Å². The second kappa shape index (κ2) is 8.83. The van der Waals surface area contributed by atoms with Crippen LogP contribution in [0.5, 0.6) is 0 Å². The monoisotopic (exact) mass is 205 g/mol. The Bertz CT molecular complexity index is 98.3. The highest BCUT2D eigenvalue weighted by atomic mass is 35.5. The van der Waals surface area contributed by atoms with E-state index >= 15 is 0 Å². The van der Waals surface area contributed by atoms with Gasteiger partial charge in [0, 0.05) is 12.4 Å². The number of halogens is 1. The predicted molar refractivity (Wildman–Crippen MR) is 61.5 cm³/mol. The van der Waals surface area contributed by atoms with Crippen molar-refractivity contribution in [3.8, 4) is 0 Å². The summed E-state index contributed by atoms with van der Waals surface area (Å²) in [6.45, 7) is 10.3. The van der Waals surface area contributed by atoms with Gasteiger partial charge in [-0.1, -0.05) is 20.8 Å². The summed E-state index contributed by atoms with van der Waals surface area (Å²) in [7, 11) is 0. The zero-order chi connectivity index (χ0) is 10.1. The van der Waals surface area contributed by atoms with Crippen LogP contribution < -0.4 is 0 Å². The first kappa shape index (κ1) is 13.2.